The molecule has 204 valence electrons. The van der Waals surface area contributed by atoms with E-state index >= 15 is 0 Å². The molecular weight excluding hydrogens is 521 g/mol. The van der Waals surface area contributed by atoms with Gasteiger partial charge in [0.15, 0.2) is 6.10 Å². The topological polar surface area (TPSA) is 94.5 Å². The quantitative estimate of drug-likeness (QED) is 0.259. The summed E-state index contributed by atoms with van der Waals surface area (Å²) in [5.74, 6) is -0.373. The van der Waals surface area contributed by atoms with Gasteiger partial charge < -0.3 is 29.0 Å². The fraction of sp³-hybridized carbons (Fsp3) is 0.481. The van der Waals surface area contributed by atoms with Crippen molar-refractivity contribution in [2.45, 2.75) is 52.4 Å². The first kappa shape index (κ1) is 30.7. The first-order valence-corrected chi connectivity index (χ1v) is 13.0. The number of amides is 1. The van der Waals surface area contributed by atoms with Crippen molar-refractivity contribution in [1.82, 2.24) is 4.90 Å². The van der Waals surface area contributed by atoms with Crippen LogP contribution in [0.1, 0.15) is 38.3 Å². The third kappa shape index (κ3) is 12.0. The molecule has 8 nitrogen and oxygen atoms in total. The minimum absolute atomic E-state index is 0.237. The molecule has 0 aromatic heterocycles. The maximum absolute atomic E-state index is 12.5. The highest BCUT2D eigenvalue weighted by Gasteiger charge is 2.18. The number of carbonyl (C=O) groups excluding carboxylic acids is 1. The Balaban J connectivity index is 1.81. The van der Waals surface area contributed by atoms with E-state index in [4.69, 9.17) is 42.1 Å². The molecule has 2 aromatic rings. The van der Waals surface area contributed by atoms with Crippen molar-refractivity contribution in [3.63, 3.8) is 0 Å². The number of halogens is 2. The highest BCUT2D eigenvalue weighted by Crippen LogP contribution is 2.19. The number of aliphatic carboxylic acids is 1. The fourth-order valence-electron chi connectivity index (χ4n) is 3.44. The molecule has 37 heavy (non-hydrogen) atoms. The third-order valence-electron chi connectivity index (χ3n) is 5.12. The van der Waals surface area contributed by atoms with Gasteiger partial charge in [0.2, 0.25) is 0 Å². The van der Waals surface area contributed by atoms with E-state index in [0.717, 1.165) is 11.1 Å². The highest BCUT2D eigenvalue weighted by molar-refractivity contribution is 6.34. The average Bonchev–Trinajstić information content (AvgIpc) is 2.82. The smallest absolute Gasteiger partial charge is 0.410 e. The van der Waals surface area contributed by atoms with E-state index in [1.54, 1.807) is 68.1 Å². The molecule has 2 rings (SSSR count). The molecule has 0 fully saturated rings. The monoisotopic (exact) mass is 555 g/mol. The van der Waals surface area contributed by atoms with Gasteiger partial charge >= 0.3 is 12.1 Å². The summed E-state index contributed by atoms with van der Waals surface area (Å²) in [4.78, 5) is 25.4. The van der Waals surface area contributed by atoms with Crippen molar-refractivity contribution in [3.05, 3.63) is 63.6 Å². The zero-order chi connectivity index (χ0) is 27.2. The van der Waals surface area contributed by atoms with Gasteiger partial charge in [-0.05, 0) is 68.7 Å². The number of carboxylic acid groups (broad SMARTS) is 1. The summed E-state index contributed by atoms with van der Waals surface area (Å²) in [7, 11) is 0. The number of ether oxygens (including phenoxy) is 4. The molecule has 2 aromatic carbocycles. The van der Waals surface area contributed by atoms with Crippen LogP contribution < -0.4 is 4.74 Å². The van der Waals surface area contributed by atoms with E-state index in [1.807, 2.05) is 0 Å². The zero-order valence-corrected chi connectivity index (χ0v) is 23.0. The van der Waals surface area contributed by atoms with Crippen molar-refractivity contribution in [3.8, 4) is 5.75 Å². The summed E-state index contributed by atoms with van der Waals surface area (Å²) in [5.41, 5.74) is 1.71. The molecule has 0 aliphatic heterocycles. The van der Waals surface area contributed by atoms with E-state index in [0.29, 0.717) is 55.1 Å². The van der Waals surface area contributed by atoms with Gasteiger partial charge in [0.25, 0.3) is 0 Å². The Morgan fingerprint density at radius 2 is 1.65 bits per heavy atom. The minimum Gasteiger partial charge on any atom is -0.492 e. The number of carbonyl (C=O) groups is 2. The number of hydrogen-bond donors (Lipinski definition) is 1. The largest absolute Gasteiger partial charge is 0.492 e. The van der Waals surface area contributed by atoms with E-state index in [9.17, 15) is 14.7 Å². The Hall–Kier alpha value is -2.52. The van der Waals surface area contributed by atoms with Gasteiger partial charge in [-0.2, -0.15) is 0 Å². The Morgan fingerprint density at radius 1 is 0.973 bits per heavy atom. The van der Waals surface area contributed by atoms with Crippen LogP contribution in [0, 0.1) is 0 Å². The van der Waals surface area contributed by atoms with Crippen LogP contribution in [0.4, 0.5) is 4.79 Å². The molecule has 0 aliphatic carbocycles. The molecule has 0 saturated carbocycles. The predicted octanol–water partition coefficient (Wildman–Crippen LogP) is 5.86. The fourth-order valence-corrected chi connectivity index (χ4v) is 4.01. The molecule has 0 heterocycles. The second-order valence-electron chi connectivity index (χ2n) is 8.58. The van der Waals surface area contributed by atoms with E-state index < -0.39 is 18.2 Å². The third-order valence-corrected chi connectivity index (χ3v) is 5.56. The molecule has 10 heteroatoms. The lowest BCUT2D eigenvalue weighted by atomic mass is 10.1. The number of hydrogen-bond acceptors (Lipinski definition) is 6. The Morgan fingerprint density at radius 3 is 2.24 bits per heavy atom. The van der Waals surface area contributed by atoms with Crippen LogP contribution in [0.15, 0.2) is 42.5 Å². The molecule has 0 aliphatic rings. The highest BCUT2D eigenvalue weighted by atomic mass is 35.5. The van der Waals surface area contributed by atoms with Crippen LogP contribution in [0.2, 0.25) is 10.0 Å². The lowest BCUT2D eigenvalue weighted by molar-refractivity contribution is -0.149. The summed E-state index contributed by atoms with van der Waals surface area (Å²) in [6.45, 7) is 7.55. The molecule has 0 saturated heterocycles. The van der Waals surface area contributed by atoms with Crippen molar-refractivity contribution < 1.29 is 33.6 Å². The van der Waals surface area contributed by atoms with Crippen molar-refractivity contribution in [2.75, 3.05) is 32.9 Å². The van der Waals surface area contributed by atoms with Gasteiger partial charge in [0.05, 0.1) is 19.3 Å². The Kier molecular flexibility index (Phi) is 13.6. The Labute approximate surface area is 228 Å². The van der Waals surface area contributed by atoms with Crippen molar-refractivity contribution >= 4 is 35.3 Å². The van der Waals surface area contributed by atoms with Crippen molar-refractivity contribution in [1.29, 1.82) is 0 Å². The van der Waals surface area contributed by atoms with Gasteiger partial charge in [-0.15, -0.1) is 0 Å². The van der Waals surface area contributed by atoms with Gasteiger partial charge in [-0.1, -0.05) is 35.3 Å². The Bertz CT molecular complexity index is 965. The summed E-state index contributed by atoms with van der Waals surface area (Å²) >= 11 is 12.0. The van der Waals surface area contributed by atoms with Crippen LogP contribution >= 0.6 is 23.2 Å². The van der Waals surface area contributed by atoms with Crippen molar-refractivity contribution in [2.24, 2.45) is 0 Å². The number of benzene rings is 2. The molecule has 1 amide bonds. The standard InChI is InChI=1S/C27H35Cl2NO7/c1-4-35-25(26(31)32)16-20-6-8-24(9-7-20)36-13-11-30(27(33)37-19(2)3)10-5-12-34-18-21-14-22(28)17-23(29)15-21/h6-9,14-15,17,19,25H,4-5,10-13,16,18H2,1-3H3,(H,31,32). The number of nitrogens with zero attached hydrogens (tertiary/aromatic N) is 1. The normalized spacial score (nSPS) is 11.8. The summed E-state index contributed by atoms with van der Waals surface area (Å²) in [6.07, 6.45) is -0.653. The lowest BCUT2D eigenvalue weighted by Crippen LogP contribution is -2.37. The van der Waals surface area contributed by atoms with E-state index in [-0.39, 0.29) is 19.1 Å². The first-order chi connectivity index (χ1) is 17.7. The molecule has 1 atom stereocenters. The molecular formula is C27H35Cl2NO7. The second-order valence-corrected chi connectivity index (χ2v) is 9.46. The van der Waals surface area contributed by atoms with E-state index in [1.165, 1.54) is 0 Å². The molecule has 1 N–H and O–H groups in total. The summed E-state index contributed by atoms with van der Waals surface area (Å²) in [6, 6.07) is 12.4. The maximum atomic E-state index is 12.5. The second kappa shape index (κ2) is 16.3. The minimum atomic E-state index is -0.991. The molecule has 0 spiro atoms. The van der Waals surface area contributed by atoms with Crippen LogP contribution in [0.3, 0.4) is 0 Å². The summed E-state index contributed by atoms with van der Waals surface area (Å²) < 4.78 is 22.1. The van der Waals surface area contributed by atoms with Gasteiger partial charge in [0, 0.05) is 36.2 Å². The van der Waals surface area contributed by atoms with Gasteiger partial charge in [-0.3, -0.25) is 0 Å². The van der Waals surface area contributed by atoms with E-state index in [2.05, 4.69) is 0 Å². The van der Waals surface area contributed by atoms with Crippen LogP contribution in [-0.2, 0) is 32.0 Å². The summed E-state index contributed by atoms with van der Waals surface area (Å²) in [5, 5.41) is 10.3. The predicted molar refractivity (Wildman–Crippen MR) is 143 cm³/mol. The number of carboxylic acids is 1. The first-order valence-electron chi connectivity index (χ1n) is 12.2. The number of rotatable bonds is 16. The van der Waals surface area contributed by atoms with Gasteiger partial charge in [-0.25, -0.2) is 9.59 Å². The van der Waals surface area contributed by atoms with Gasteiger partial charge in [0.1, 0.15) is 12.4 Å². The van der Waals surface area contributed by atoms with Crippen LogP contribution in [-0.4, -0.2) is 67.2 Å². The maximum Gasteiger partial charge on any atom is 0.410 e. The zero-order valence-electron chi connectivity index (χ0n) is 21.5. The van der Waals surface area contributed by atoms with Crippen LogP contribution in [0.25, 0.3) is 0 Å². The van der Waals surface area contributed by atoms with Crippen LogP contribution in [0.5, 0.6) is 5.75 Å². The lowest BCUT2D eigenvalue weighted by Gasteiger charge is -2.23. The average molecular weight is 556 g/mol. The molecule has 0 radical (unpaired) electrons. The SMILES string of the molecule is CCOC(Cc1ccc(OCCN(CCCOCc2cc(Cl)cc(Cl)c2)C(=O)OC(C)C)cc1)C(=O)O. The molecule has 1 unspecified atom stereocenters. The molecule has 0 bridgehead atoms.